The molecule has 1 aliphatic heterocycles. The predicted octanol–water partition coefficient (Wildman–Crippen LogP) is 5.57. The Labute approximate surface area is 254 Å². The molecule has 1 aromatic heterocycles. The second-order valence-corrected chi connectivity index (χ2v) is 16.4. The van der Waals surface area contributed by atoms with E-state index in [0.717, 1.165) is 10.4 Å². The Balaban J connectivity index is 0.00000423. The second-order valence-electron chi connectivity index (χ2n) is 12.1. The van der Waals surface area contributed by atoms with Crippen LogP contribution in [0, 0.1) is 5.82 Å². The summed E-state index contributed by atoms with van der Waals surface area (Å²) >= 11 is 0. The summed E-state index contributed by atoms with van der Waals surface area (Å²) in [7, 11) is -2.93. The molecule has 2 heterocycles. The summed E-state index contributed by atoms with van der Waals surface area (Å²) in [6.07, 6.45) is -0.176. The van der Waals surface area contributed by atoms with Crippen LogP contribution in [-0.4, -0.2) is 51.2 Å². The molecule has 3 aromatic carbocycles. The van der Waals surface area contributed by atoms with Gasteiger partial charge in [0.15, 0.2) is 11.5 Å². The van der Waals surface area contributed by atoms with Crippen LogP contribution in [0.1, 0.15) is 57.6 Å². The standard InChI is InChI=1S/C33H40FN3O4Si.H3N/c1-7-35-32(38)29-27-18-24(30(28(34)31(27)41-36-29)37-19-22(2)40-23(3)20-37)21-39-42(33(4,5)6,25-14-10-8-11-15-25)26-16-12-9-13-17-26;/h8-18,22-23H,7,19-21H2,1-6H3,(H,35,38);1H3/t22-,23+;. The van der Waals surface area contributed by atoms with Crippen LogP contribution in [0.4, 0.5) is 10.1 Å². The average Bonchev–Trinajstić information content (AvgIpc) is 3.38. The Morgan fingerprint density at radius 2 is 1.60 bits per heavy atom. The van der Waals surface area contributed by atoms with Gasteiger partial charge in [-0.05, 0) is 42.2 Å². The fourth-order valence-corrected chi connectivity index (χ4v) is 10.8. The molecule has 1 aliphatic rings. The summed E-state index contributed by atoms with van der Waals surface area (Å²) in [5, 5.41) is 9.06. The summed E-state index contributed by atoms with van der Waals surface area (Å²) in [6.45, 7) is 14.0. The molecule has 230 valence electrons. The first kappa shape index (κ1) is 32.3. The zero-order valence-corrected chi connectivity index (χ0v) is 26.9. The van der Waals surface area contributed by atoms with E-state index in [4.69, 9.17) is 13.7 Å². The first-order valence-electron chi connectivity index (χ1n) is 14.6. The quantitative estimate of drug-likeness (QED) is 0.252. The number of fused-ring (bicyclic) bond motifs is 1. The van der Waals surface area contributed by atoms with Gasteiger partial charge in [0.1, 0.15) is 0 Å². The number of morpholine rings is 1. The van der Waals surface area contributed by atoms with Crippen molar-refractivity contribution in [2.45, 2.75) is 65.4 Å². The number of carbonyl (C=O) groups is 1. The number of hydrogen-bond acceptors (Lipinski definition) is 7. The SMILES string of the molecule is CCNC(=O)c1noc2c(F)c(N3C[C@@H](C)O[C@@H](C)C3)c(CO[Si](c3ccccc3)(c3ccccc3)C(C)(C)C)cc12.N. The molecule has 5 rings (SSSR count). The van der Waals surface area contributed by atoms with Gasteiger partial charge in [0.2, 0.25) is 5.58 Å². The molecule has 4 aromatic rings. The third-order valence-corrected chi connectivity index (χ3v) is 12.9. The largest absolute Gasteiger partial charge is 0.403 e. The van der Waals surface area contributed by atoms with Gasteiger partial charge in [-0.15, -0.1) is 0 Å². The first-order chi connectivity index (χ1) is 20.1. The number of nitrogens with zero attached hydrogens (tertiary/aromatic N) is 2. The highest BCUT2D eigenvalue weighted by Crippen LogP contribution is 2.40. The molecule has 1 amide bonds. The number of amides is 1. The average molecular weight is 607 g/mol. The lowest BCUT2D eigenvalue weighted by molar-refractivity contribution is -0.00549. The van der Waals surface area contributed by atoms with Crippen LogP contribution in [-0.2, 0) is 15.8 Å². The predicted molar refractivity (Wildman–Crippen MR) is 172 cm³/mol. The van der Waals surface area contributed by atoms with E-state index in [1.807, 2.05) is 68.1 Å². The van der Waals surface area contributed by atoms with Crippen LogP contribution in [0.5, 0.6) is 0 Å². The topological polar surface area (TPSA) is 112 Å². The van der Waals surface area contributed by atoms with E-state index in [2.05, 4.69) is 55.5 Å². The van der Waals surface area contributed by atoms with Crippen molar-refractivity contribution in [1.82, 2.24) is 16.6 Å². The molecule has 0 bridgehead atoms. The number of halogens is 1. The zero-order valence-electron chi connectivity index (χ0n) is 25.9. The Kier molecular flexibility index (Phi) is 9.75. The van der Waals surface area contributed by atoms with Crippen molar-refractivity contribution >= 4 is 41.3 Å². The smallest absolute Gasteiger partial charge is 0.274 e. The molecule has 0 aliphatic carbocycles. The Morgan fingerprint density at radius 1 is 1.05 bits per heavy atom. The molecule has 1 saturated heterocycles. The highest BCUT2D eigenvalue weighted by molar-refractivity contribution is 6.99. The van der Waals surface area contributed by atoms with Crippen molar-refractivity contribution in [3.05, 3.63) is 83.8 Å². The summed E-state index contributed by atoms with van der Waals surface area (Å²) in [5.41, 5.74) is 1.07. The maximum Gasteiger partial charge on any atom is 0.274 e. The Bertz CT molecular complexity index is 1490. The van der Waals surface area contributed by atoms with Gasteiger partial charge >= 0.3 is 0 Å². The van der Waals surface area contributed by atoms with Crippen LogP contribution in [0.2, 0.25) is 5.04 Å². The van der Waals surface area contributed by atoms with Crippen LogP contribution >= 0.6 is 0 Å². The van der Waals surface area contributed by atoms with E-state index < -0.39 is 20.0 Å². The monoisotopic (exact) mass is 606 g/mol. The van der Waals surface area contributed by atoms with E-state index in [9.17, 15) is 4.79 Å². The maximum absolute atomic E-state index is 16.5. The van der Waals surface area contributed by atoms with Gasteiger partial charge in [-0.25, -0.2) is 4.39 Å². The third-order valence-electron chi connectivity index (χ3n) is 7.91. The van der Waals surface area contributed by atoms with Crippen molar-refractivity contribution in [3.8, 4) is 0 Å². The number of aromatic nitrogens is 1. The minimum atomic E-state index is -2.93. The van der Waals surface area contributed by atoms with Crippen molar-refractivity contribution in [3.63, 3.8) is 0 Å². The fourth-order valence-electron chi connectivity index (χ4n) is 6.25. The third kappa shape index (κ3) is 6.10. The van der Waals surface area contributed by atoms with Crippen LogP contribution < -0.4 is 26.7 Å². The lowest BCUT2D eigenvalue weighted by Crippen LogP contribution is -2.66. The molecule has 0 unspecified atom stereocenters. The highest BCUT2D eigenvalue weighted by Gasteiger charge is 2.50. The van der Waals surface area contributed by atoms with E-state index >= 15 is 4.39 Å². The Morgan fingerprint density at radius 3 is 2.12 bits per heavy atom. The van der Waals surface area contributed by atoms with Crippen LogP contribution in [0.15, 0.2) is 71.3 Å². The Hall–Kier alpha value is -3.57. The number of ether oxygens (including phenoxy) is 1. The second kappa shape index (κ2) is 13.0. The highest BCUT2D eigenvalue weighted by atomic mass is 28.4. The lowest BCUT2D eigenvalue weighted by atomic mass is 10.1. The summed E-state index contributed by atoms with van der Waals surface area (Å²) in [4.78, 5) is 14.8. The molecule has 0 spiro atoms. The van der Waals surface area contributed by atoms with Gasteiger partial charge in [-0.2, -0.15) is 0 Å². The zero-order chi connectivity index (χ0) is 30.1. The van der Waals surface area contributed by atoms with E-state index in [1.54, 1.807) is 0 Å². The summed E-state index contributed by atoms with van der Waals surface area (Å²) < 4.78 is 35.2. The van der Waals surface area contributed by atoms with Gasteiger partial charge in [-0.1, -0.05) is 86.6 Å². The number of hydrogen-bond donors (Lipinski definition) is 2. The molecule has 2 atom stereocenters. The normalized spacial score (nSPS) is 17.5. The van der Waals surface area contributed by atoms with Crippen molar-refractivity contribution in [1.29, 1.82) is 0 Å². The van der Waals surface area contributed by atoms with E-state index in [-0.39, 0.29) is 41.3 Å². The van der Waals surface area contributed by atoms with Gasteiger partial charge in [-0.3, -0.25) is 4.79 Å². The first-order valence-corrected chi connectivity index (χ1v) is 16.5. The van der Waals surface area contributed by atoms with Crippen LogP contribution in [0.25, 0.3) is 11.0 Å². The van der Waals surface area contributed by atoms with E-state index in [1.165, 1.54) is 0 Å². The number of benzene rings is 3. The van der Waals surface area contributed by atoms with Gasteiger partial charge in [0.05, 0.1) is 29.9 Å². The molecule has 4 N–H and O–H groups in total. The molecule has 0 radical (unpaired) electrons. The summed E-state index contributed by atoms with van der Waals surface area (Å²) in [6, 6.07) is 22.5. The maximum atomic E-state index is 16.5. The molecule has 10 heteroatoms. The van der Waals surface area contributed by atoms with Crippen molar-refractivity contribution in [2.24, 2.45) is 0 Å². The van der Waals surface area contributed by atoms with Crippen LogP contribution in [0.3, 0.4) is 0 Å². The molecule has 43 heavy (non-hydrogen) atoms. The van der Waals surface area contributed by atoms with Gasteiger partial charge < -0.3 is 30.1 Å². The van der Waals surface area contributed by atoms with Gasteiger partial charge in [0, 0.05) is 25.2 Å². The van der Waals surface area contributed by atoms with E-state index in [0.29, 0.717) is 36.3 Å². The summed E-state index contributed by atoms with van der Waals surface area (Å²) in [5.74, 6) is -0.950. The molecular weight excluding hydrogens is 563 g/mol. The number of nitrogens with one attached hydrogen (secondary N) is 1. The fraction of sp³-hybridized carbons (Fsp3) is 0.394. The molecule has 1 fully saturated rings. The van der Waals surface area contributed by atoms with Gasteiger partial charge in [0.25, 0.3) is 14.2 Å². The minimum Gasteiger partial charge on any atom is -0.403 e. The molecule has 0 saturated carbocycles. The lowest BCUT2D eigenvalue weighted by Gasteiger charge is -2.43. The molecule has 8 nitrogen and oxygen atoms in total. The van der Waals surface area contributed by atoms with Crippen molar-refractivity contribution < 1.29 is 22.9 Å². The number of anilines is 1. The number of carbonyl (C=O) groups excluding carboxylic acids is 1. The van der Waals surface area contributed by atoms with Crippen molar-refractivity contribution in [2.75, 3.05) is 24.5 Å². The number of rotatable bonds is 8. The molecular formula is C33H43FN4O4Si. The minimum absolute atomic E-state index is 0.